The number of aryl methyl sites for hydroxylation is 1. The standard InChI is InChI=1S/C20H18O/c1-16-7-13-20(14-8-16)21-15-17-9-11-19(12-10-17)18-5-3-2-4-6-18/h2-14H,15H2,1H3. The number of rotatable bonds is 4. The van der Waals surface area contributed by atoms with Crippen molar-refractivity contribution in [2.75, 3.05) is 0 Å². The summed E-state index contributed by atoms with van der Waals surface area (Å²) in [6, 6.07) is 27.1. The van der Waals surface area contributed by atoms with E-state index in [1.807, 2.05) is 18.2 Å². The fourth-order valence-electron chi connectivity index (χ4n) is 2.23. The van der Waals surface area contributed by atoms with Gasteiger partial charge in [-0.2, -0.15) is 0 Å². The zero-order valence-electron chi connectivity index (χ0n) is 12.1. The van der Waals surface area contributed by atoms with Gasteiger partial charge < -0.3 is 4.74 Å². The molecule has 0 aliphatic carbocycles. The SMILES string of the molecule is Cc1ccc(OCc2ccc(-c3ccccc3)cc2)cc1. The second-order valence-corrected chi connectivity index (χ2v) is 5.16. The molecule has 0 unspecified atom stereocenters. The highest BCUT2D eigenvalue weighted by Crippen LogP contribution is 2.20. The van der Waals surface area contributed by atoms with Crippen molar-refractivity contribution in [1.82, 2.24) is 0 Å². The molecular weight excluding hydrogens is 256 g/mol. The second kappa shape index (κ2) is 6.27. The highest BCUT2D eigenvalue weighted by molar-refractivity contribution is 5.63. The van der Waals surface area contributed by atoms with Crippen LogP contribution in [0.3, 0.4) is 0 Å². The molecule has 1 nitrogen and oxygen atoms in total. The minimum Gasteiger partial charge on any atom is -0.489 e. The summed E-state index contributed by atoms with van der Waals surface area (Å²) in [7, 11) is 0. The van der Waals surface area contributed by atoms with Crippen LogP contribution in [0.4, 0.5) is 0 Å². The molecule has 0 amide bonds. The predicted octanol–water partition coefficient (Wildman–Crippen LogP) is 5.24. The maximum atomic E-state index is 5.79. The molecule has 0 aliphatic heterocycles. The monoisotopic (exact) mass is 274 g/mol. The summed E-state index contributed by atoms with van der Waals surface area (Å²) >= 11 is 0. The van der Waals surface area contributed by atoms with Gasteiger partial charge in [0.25, 0.3) is 0 Å². The van der Waals surface area contributed by atoms with Crippen molar-refractivity contribution >= 4 is 0 Å². The van der Waals surface area contributed by atoms with Crippen LogP contribution in [0.1, 0.15) is 11.1 Å². The molecule has 104 valence electrons. The lowest BCUT2D eigenvalue weighted by atomic mass is 10.0. The first-order valence-electron chi connectivity index (χ1n) is 7.15. The fraction of sp³-hybridized carbons (Fsp3) is 0.100. The van der Waals surface area contributed by atoms with Gasteiger partial charge in [0.15, 0.2) is 0 Å². The van der Waals surface area contributed by atoms with Gasteiger partial charge >= 0.3 is 0 Å². The van der Waals surface area contributed by atoms with Gasteiger partial charge in [0.2, 0.25) is 0 Å². The highest BCUT2D eigenvalue weighted by Gasteiger charge is 1.99. The average Bonchev–Trinajstić information content (AvgIpc) is 2.56. The largest absolute Gasteiger partial charge is 0.489 e. The minimum absolute atomic E-state index is 0.595. The summed E-state index contributed by atoms with van der Waals surface area (Å²) in [6.07, 6.45) is 0. The van der Waals surface area contributed by atoms with Gasteiger partial charge in [0, 0.05) is 0 Å². The number of ether oxygens (including phenoxy) is 1. The van der Waals surface area contributed by atoms with Gasteiger partial charge in [-0.3, -0.25) is 0 Å². The van der Waals surface area contributed by atoms with Crippen molar-refractivity contribution in [3.63, 3.8) is 0 Å². The molecule has 0 saturated carbocycles. The van der Waals surface area contributed by atoms with Crippen LogP contribution >= 0.6 is 0 Å². The van der Waals surface area contributed by atoms with Gasteiger partial charge in [-0.05, 0) is 35.7 Å². The van der Waals surface area contributed by atoms with Crippen molar-refractivity contribution in [3.8, 4) is 16.9 Å². The van der Waals surface area contributed by atoms with Crippen LogP contribution in [0.2, 0.25) is 0 Å². The van der Waals surface area contributed by atoms with Gasteiger partial charge in [-0.25, -0.2) is 0 Å². The smallest absolute Gasteiger partial charge is 0.119 e. The Labute approximate surface area is 125 Å². The van der Waals surface area contributed by atoms with Crippen molar-refractivity contribution in [3.05, 3.63) is 90.0 Å². The average molecular weight is 274 g/mol. The van der Waals surface area contributed by atoms with E-state index < -0.39 is 0 Å². The van der Waals surface area contributed by atoms with E-state index in [4.69, 9.17) is 4.74 Å². The Kier molecular flexibility index (Phi) is 4.02. The lowest BCUT2D eigenvalue weighted by molar-refractivity contribution is 0.306. The molecule has 1 heteroatoms. The highest BCUT2D eigenvalue weighted by atomic mass is 16.5. The lowest BCUT2D eigenvalue weighted by Gasteiger charge is -2.08. The van der Waals surface area contributed by atoms with Crippen LogP contribution in [0.25, 0.3) is 11.1 Å². The van der Waals surface area contributed by atoms with Gasteiger partial charge in [0.1, 0.15) is 12.4 Å². The number of benzene rings is 3. The summed E-state index contributed by atoms with van der Waals surface area (Å²) in [5.41, 5.74) is 4.89. The van der Waals surface area contributed by atoms with E-state index in [9.17, 15) is 0 Å². The van der Waals surface area contributed by atoms with Gasteiger partial charge in [0.05, 0.1) is 0 Å². The Hall–Kier alpha value is -2.54. The number of hydrogen-bond acceptors (Lipinski definition) is 1. The lowest BCUT2D eigenvalue weighted by Crippen LogP contribution is -1.95. The van der Waals surface area contributed by atoms with E-state index >= 15 is 0 Å². The summed E-state index contributed by atoms with van der Waals surface area (Å²) in [5, 5.41) is 0. The topological polar surface area (TPSA) is 9.23 Å². The van der Waals surface area contributed by atoms with Crippen LogP contribution in [0.5, 0.6) is 5.75 Å². The first kappa shape index (κ1) is 13.4. The summed E-state index contributed by atoms with van der Waals surface area (Å²) < 4.78 is 5.79. The van der Waals surface area contributed by atoms with E-state index in [-0.39, 0.29) is 0 Å². The zero-order valence-corrected chi connectivity index (χ0v) is 12.1. The Morgan fingerprint density at radius 3 is 1.95 bits per heavy atom. The van der Waals surface area contributed by atoms with Gasteiger partial charge in [-0.1, -0.05) is 72.3 Å². The Morgan fingerprint density at radius 2 is 1.29 bits per heavy atom. The molecule has 21 heavy (non-hydrogen) atoms. The summed E-state index contributed by atoms with van der Waals surface area (Å²) in [5.74, 6) is 0.910. The molecule has 0 N–H and O–H groups in total. The van der Waals surface area contributed by atoms with Crippen molar-refractivity contribution in [1.29, 1.82) is 0 Å². The third kappa shape index (κ3) is 3.51. The van der Waals surface area contributed by atoms with Crippen molar-refractivity contribution < 1.29 is 4.74 Å². The molecule has 0 atom stereocenters. The normalized spacial score (nSPS) is 10.3. The number of hydrogen-bond donors (Lipinski definition) is 0. The Balaban J connectivity index is 1.66. The molecule has 3 aromatic carbocycles. The van der Waals surface area contributed by atoms with Gasteiger partial charge in [-0.15, -0.1) is 0 Å². The molecule has 0 heterocycles. The zero-order chi connectivity index (χ0) is 14.5. The molecule has 0 aliphatic rings. The van der Waals surface area contributed by atoms with Crippen LogP contribution in [0.15, 0.2) is 78.9 Å². The van der Waals surface area contributed by atoms with Crippen molar-refractivity contribution in [2.24, 2.45) is 0 Å². The van der Waals surface area contributed by atoms with E-state index in [1.54, 1.807) is 0 Å². The third-order valence-corrected chi connectivity index (χ3v) is 3.49. The van der Waals surface area contributed by atoms with Crippen LogP contribution in [0, 0.1) is 6.92 Å². The first-order chi connectivity index (χ1) is 10.3. The molecule has 0 aromatic heterocycles. The van der Waals surface area contributed by atoms with Crippen molar-refractivity contribution in [2.45, 2.75) is 13.5 Å². The second-order valence-electron chi connectivity index (χ2n) is 5.16. The summed E-state index contributed by atoms with van der Waals surface area (Å²) in [6.45, 7) is 2.67. The van der Waals surface area contributed by atoms with E-state index in [2.05, 4.69) is 67.6 Å². The third-order valence-electron chi connectivity index (χ3n) is 3.49. The molecule has 0 bridgehead atoms. The predicted molar refractivity (Wildman–Crippen MR) is 87.4 cm³/mol. The minimum atomic E-state index is 0.595. The van der Waals surface area contributed by atoms with Crippen LogP contribution in [-0.2, 0) is 6.61 Å². The first-order valence-corrected chi connectivity index (χ1v) is 7.15. The van der Waals surface area contributed by atoms with Crippen LogP contribution < -0.4 is 4.74 Å². The van der Waals surface area contributed by atoms with E-state index in [0.717, 1.165) is 5.75 Å². The summed E-state index contributed by atoms with van der Waals surface area (Å²) in [4.78, 5) is 0. The van der Waals surface area contributed by atoms with E-state index in [1.165, 1.54) is 22.3 Å². The Morgan fingerprint density at radius 1 is 0.667 bits per heavy atom. The quantitative estimate of drug-likeness (QED) is 0.632. The molecule has 0 saturated heterocycles. The van der Waals surface area contributed by atoms with Crippen LogP contribution in [-0.4, -0.2) is 0 Å². The maximum Gasteiger partial charge on any atom is 0.119 e. The van der Waals surface area contributed by atoms with E-state index in [0.29, 0.717) is 6.61 Å². The molecule has 0 fully saturated rings. The fourth-order valence-corrected chi connectivity index (χ4v) is 2.23. The molecular formula is C20H18O. The molecule has 0 spiro atoms. The molecule has 0 radical (unpaired) electrons. The molecule has 3 rings (SSSR count). The Bertz CT molecular complexity index is 682. The maximum absolute atomic E-state index is 5.79. The molecule has 3 aromatic rings.